The van der Waals surface area contributed by atoms with E-state index in [9.17, 15) is 4.79 Å². The summed E-state index contributed by atoms with van der Waals surface area (Å²) in [7, 11) is 0. The third-order valence-electron chi connectivity index (χ3n) is 2.93. The lowest BCUT2D eigenvalue weighted by molar-refractivity contribution is -0.129. The Morgan fingerprint density at radius 1 is 1.22 bits per heavy atom. The maximum Gasteiger partial charge on any atom is 0.363 e. The predicted octanol–water partition coefficient (Wildman–Crippen LogP) is 3.24. The van der Waals surface area contributed by atoms with Crippen LogP contribution in [0.1, 0.15) is 37.3 Å². The van der Waals surface area contributed by atoms with Gasteiger partial charge in [0, 0.05) is 5.56 Å². The van der Waals surface area contributed by atoms with Gasteiger partial charge >= 0.3 is 5.97 Å². The Hall–Kier alpha value is -1.90. The second-order valence-corrected chi connectivity index (χ2v) is 4.41. The Kier molecular flexibility index (Phi) is 3.92. The van der Waals surface area contributed by atoms with E-state index in [-0.39, 0.29) is 5.70 Å². The fourth-order valence-corrected chi connectivity index (χ4v) is 1.85. The average Bonchev–Trinajstić information content (AvgIpc) is 2.71. The fourth-order valence-electron chi connectivity index (χ4n) is 1.85. The first-order valence-corrected chi connectivity index (χ1v) is 6.30. The maximum atomic E-state index is 11.2. The number of benzene rings is 1. The first-order valence-electron chi connectivity index (χ1n) is 6.30. The molecule has 1 aliphatic rings. The molecule has 1 aromatic carbocycles. The number of nitrogens with zero attached hydrogens (tertiary/aromatic N) is 1. The third kappa shape index (κ3) is 2.86. The number of hydrogen-bond acceptors (Lipinski definition) is 3. The van der Waals surface area contributed by atoms with E-state index in [0.717, 1.165) is 12.0 Å². The zero-order valence-corrected chi connectivity index (χ0v) is 10.6. The van der Waals surface area contributed by atoms with E-state index in [4.69, 9.17) is 4.74 Å². The van der Waals surface area contributed by atoms with Crippen molar-refractivity contribution >= 4 is 11.9 Å². The quantitative estimate of drug-likeness (QED) is 0.452. The molecule has 1 aliphatic heterocycles. The normalized spacial score (nSPS) is 14.6. The molecule has 0 atom stereocenters. The Bertz CT molecular complexity index is 486. The third-order valence-corrected chi connectivity index (χ3v) is 2.93. The number of unbranched alkanes of at least 4 members (excludes halogenated alkanes) is 2. The highest BCUT2D eigenvalue weighted by Crippen LogP contribution is 2.16. The topological polar surface area (TPSA) is 38.7 Å². The van der Waals surface area contributed by atoms with Gasteiger partial charge in [-0.25, -0.2) is 9.79 Å². The van der Waals surface area contributed by atoms with Gasteiger partial charge in [0.15, 0.2) is 0 Å². The van der Waals surface area contributed by atoms with Gasteiger partial charge in [0.2, 0.25) is 5.90 Å². The second kappa shape index (κ2) is 5.63. The Balaban J connectivity index is 2.02. The number of ether oxygens (including phenoxy) is 1. The first kappa shape index (κ1) is 12.6. The number of esters is 1. The Morgan fingerprint density at radius 2 is 1.94 bits per heavy atom. The lowest BCUT2D eigenvalue weighted by Crippen LogP contribution is -2.05. The molecule has 0 spiro atoms. The predicted molar refractivity (Wildman–Crippen MR) is 71.4 cm³/mol. The molecule has 94 valence electrons. The monoisotopic (exact) mass is 243 g/mol. The number of aryl methyl sites for hydroxylation is 1. The lowest BCUT2D eigenvalue weighted by Gasteiger charge is -2.03. The molecule has 0 saturated carbocycles. The van der Waals surface area contributed by atoms with E-state index in [2.05, 4.69) is 30.6 Å². The molecule has 1 heterocycles. The van der Waals surface area contributed by atoms with Crippen LogP contribution in [0.5, 0.6) is 0 Å². The van der Waals surface area contributed by atoms with Crippen LogP contribution in [-0.2, 0) is 16.0 Å². The summed E-state index contributed by atoms with van der Waals surface area (Å²) in [6.45, 7) is 5.71. The van der Waals surface area contributed by atoms with E-state index < -0.39 is 5.97 Å². The van der Waals surface area contributed by atoms with Gasteiger partial charge in [-0.2, -0.15) is 0 Å². The minimum atomic E-state index is -0.461. The molecule has 0 fully saturated rings. The molecule has 0 radical (unpaired) electrons. The molecule has 0 saturated heterocycles. The summed E-state index contributed by atoms with van der Waals surface area (Å²) in [5.74, 6) is -0.109. The van der Waals surface area contributed by atoms with Gasteiger partial charge in [-0.05, 0) is 30.5 Å². The zero-order valence-electron chi connectivity index (χ0n) is 10.6. The number of hydrogen-bond donors (Lipinski definition) is 0. The van der Waals surface area contributed by atoms with Crippen molar-refractivity contribution in [2.24, 2.45) is 4.99 Å². The number of rotatable bonds is 5. The Morgan fingerprint density at radius 3 is 2.50 bits per heavy atom. The van der Waals surface area contributed by atoms with Crippen LogP contribution in [0.15, 0.2) is 41.5 Å². The summed E-state index contributed by atoms with van der Waals surface area (Å²) in [6.07, 6.45) is 4.79. The van der Waals surface area contributed by atoms with Gasteiger partial charge in [-0.3, -0.25) is 0 Å². The van der Waals surface area contributed by atoms with Crippen molar-refractivity contribution in [3.8, 4) is 0 Å². The molecule has 0 amide bonds. The van der Waals surface area contributed by atoms with Gasteiger partial charge in [0.1, 0.15) is 5.70 Å². The molecule has 0 aliphatic carbocycles. The van der Waals surface area contributed by atoms with Crippen LogP contribution in [0.4, 0.5) is 0 Å². The highest BCUT2D eigenvalue weighted by Gasteiger charge is 2.21. The van der Waals surface area contributed by atoms with E-state index in [0.29, 0.717) is 5.90 Å². The number of aliphatic imine (C=N–C) groups is 1. The molecular weight excluding hydrogens is 226 g/mol. The smallest absolute Gasteiger partial charge is 0.363 e. The van der Waals surface area contributed by atoms with Crippen LogP contribution >= 0.6 is 0 Å². The minimum Gasteiger partial charge on any atom is -0.402 e. The summed E-state index contributed by atoms with van der Waals surface area (Å²) >= 11 is 0. The second-order valence-electron chi connectivity index (χ2n) is 4.41. The fraction of sp³-hybridized carbons (Fsp3) is 0.333. The number of carbonyl (C=O) groups is 1. The highest BCUT2D eigenvalue weighted by molar-refractivity contribution is 6.10. The van der Waals surface area contributed by atoms with Crippen molar-refractivity contribution in [1.29, 1.82) is 0 Å². The van der Waals surface area contributed by atoms with Crippen LogP contribution in [0.25, 0.3) is 0 Å². The van der Waals surface area contributed by atoms with Crippen molar-refractivity contribution in [2.75, 3.05) is 0 Å². The first-order chi connectivity index (χ1) is 8.70. The van der Waals surface area contributed by atoms with Gasteiger partial charge in [-0.15, -0.1) is 0 Å². The summed E-state index contributed by atoms with van der Waals surface area (Å²) in [5.41, 5.74) is 2.29. The zero-order chi connectivity index (χ0) is 13.0. The molecule has 18 heavy (non-hydrogen) atoms. The van der Waals surface area contributed by atoms with Crippen molar-refractivity contribution in [2.45, 2.75) is 32.6 Å². The van der Waals surface area contributed by atoms with Crippen LogP contribution in [0, 0.1) is 0 Å². The molecule has 0 N–H and O–H groups in total. The molecule has 2 rings (SSSR count). The molecular formula is C15H17NO2. The SMILES string of the molecule is C=C1N=C(c2ccc(CCCCC)cc2)OC1=O. The van der Waals surface area contributed by atoms with Crippen LogP contribution in [-0.4, -0.2) is 11.9 Å². The number of cyclic esters (lactones) is 1. The number of carbonyl (C=O) groups excluding carboxylic acids is 1. The summed E-state index contributed by atoms with van der Waals surface area (Å²) in [4.78, 5) is 15.2. The molecule has 0 unspecified atom stereocenters. The summed E-state index contributed by atoms with van der Waals surface area (Å²) in [5, 5.41) is 0. The largest absolute Gasteiger partial charge is 0.402 e. The molecule has 3 nitrogen and oxygen atoms in total. The minimum absolute atomic E-state index is 0.164. The van der Waals surface area contributed by atoms with Crippen LogP contribution in [0.2, 0.25) is 0 Å². The van der Waals surface area contributed by atoms with E-state index in [1.807, 2.05) is 12.1 Å². The Labute approximate surface area is 107 Å². The van der Waals surface area contributed by atoms with Crippen molar-refractivity contribution in [3.05, 3.63) is 47.7 Å². The van der Waals surface area contributed by atoms with Gasteiger partial charge in [-0.1, -0.05) is 38.5 Å². The van der Waals surface area contributed by atoms with E-state index in [1.54, 1.807) is 0 Å². The van der Waals surface area contributed by atoms with E-state index in [1.165, 1.54) is 24.8 Å². The molecule has 0 bridgehead atoms. The van der Waals surface area contributed by atoms with Crippen LogP contribution in [0.3, 0.4) is 0 Å². The van der Waals surface area contributed by atoms with Gasteiger partial charge in [0.25, 0.3) is 0 Å². The maximum absolute atomic E-state index is 11.2. The molecule has 1 aromatic rings. The van der Waals surface area contributed by atoms with Crippen LogP contribution < -0.4 is 0 Å². The lowest BCUT2D eigenvalue weighted by atomic mass is 10.1. The van der Waals surface area contributed by atoms with Crippen molar-refractivity contribution in [3.63, 3.8) is 0 Å². The standard InChI is InChI=1S/C15H17NO2/c1-3-4-5-6-12-7-9-13(10-8-12)14-16-11(2)15(17)18-14/h7-10H,2-6H2,1H3. The van der Waals surface area contributed by atoms with Crippen molar-refractivity contribution < 1.29 is 9.53 Å². The summed E-state index contributed by atoms with van der Waals surface area (Å²) in [6, 6.07) is 7.99. The highest BCUT2D eigenvalue weighted by atomic mass is 16.6. The van der Waals surface area contributed by atoms with E-state index >= 15 is 0 Å². The van der Waals surface area contributed by atoms with Gasteiger partial charge < -0.3 is 4.74 Å². The van der Waals surface area contributed by atoms with Gasteiger partial charge in [0.05, 0.1) is 0 Å². The molecule has 3 heteroatoms. The van der Waals surface area contributed by atoms with Crippen molar-refractivity contribution in [1.82, 2.24) is 0 Å². The molecule has 0 aromatic heterocycles. The summed E-state index contributed by atoms with van der Waals surface area (Å²) < 4.78 is 5.01. The average molecular weight is 243 g/mol.